The SMILES string of the molecule is CCOC(=O)c1nn(-c2cccc(Br)c2)c(=O)cc1OCc1cccc(C)c1. The number of aromatic nitrogens is 2. The number of halogens is 1. The quantitative estimate of drug-likeness (QED) is 0.538. The first-order valence-corrected chi connectivity index (χ1v) is 9.53. The van der Waals surface area contributed by atoms with E-state index >= 15 is 0 Å². The third kappa shape index (κ3) is 4.67. The van der Waals surface area contributed by atoms with Gasteiger partial charge in [0.05, 0.1) is 18.4 Å². The second kappa shape index (κ2) is 8.84. The highest BCUT2D eigenvalue weighted by molar-refractivity contribution is 9.10. The van der Waals surface area contributed by atoms with Gasteiger partial charge in [0.1, 0.15) is 6.61 Å². The van der Waals surface area contributed by atoms with Crippen molar-refractivity contribution in [2.24, 2.45) is 0 Å². The maximum atomic E-state index is 12.6. The molecule has 7 heteroatoms. The molecule has 0 amide bonds. The van der Waals surface area contributed by atoms with Crippen LogP contribution in [-0.4, -0.2) is 22.4 Å². The zero-order valence-corrected chi connectivity index (χ0v) is 17.1. The Balaban J connectivity index is 2.00. The molecule has 3 aromatic rings. The molecular formula is C21H19BrN2O4. The van der Waals surface area contributed by atoms with Crippen molar-refractivity contribution in [3.05, 3.63) is 86.2 Å². The van der Waals surface area contributed by atoms with E-state index in [1.807, 2.05) is 37.3 Å². The molecule has 0 spiro atoms. The van der Waals surface area contributed by atoms with Gasteiger partial charge < -0.3 is 9.47 Å². The second-order valence-corrected chi connectivity index (χ2v) is 7.00. The van der Waals surface area contributed by atoms with Gasteiger partial charge in [-0.05, 0) is 37.6 Å². The fourth-order valence-electron chi connectivity index (χ4n) is 2.65. The van der Waals surface area contributed by atoms with E-state index < -0.39 is 11.5 Å². The summed E-state index contributed by atoms with van der Waals surface area (Å²) in [4.78, 5) is 25.0. The molecule has 1 aromatic heterocycles. The number of benzene rings is 2. The minimum atomic E-state index is -0.648. The number of carbonyl (C=O) groups is 1. The molecule has 6 nitrogen and oxygen atoms in total. The molecule has 0 aliphatic heterocycles. The zero-order valence-electron chi connectivity index (χ0n) is 15.5. The average Bonchev–Trinajstić information content (AvgIpc) is 2.66. The van der Waals surface area contributed by atoms with Crippen molar-refractivity contribution in [2.45, 2.75) is 20.5 Å². The third-order valence-corrected chi connectivity index (χ3v) is 4.39. The van der Waals surface area contributed by atoms with Crippen molar-refractivity contribution in [2.75, 3.05) is 6.61 Å². The molecule has 0 saturated carbocycles. The molecule has 0 fully saturated rings. The Morgan fingerprint density at radius 2 is 1.93 bits per heavy atom. The van der Waals surface area contributed by atoms with Gasteiger partial charge in [0, 0.05) is 4.47 Å². The predicted molar refractivity (Wildman–Crippen MR) is 109 cm³/mol. The van der Waals surface area contributed by atoms with Gasteiger partial charge in [0.25, 0.3) is 5.56 Å². The summed E-state index contributed by atoms with van der Waals surface area (Å²) in [5.41, 5.74) is 2.08. The summed E-state index contributed by atoms with van der Waals surface area (Å²) in [6, 6.07) is 16.1. The number of nitrogens with zero attached hydrogens (tertiary/aromatic N) is 2. The number of esters is 1. The monoisotopic (exact) mass is 442 g/mol. The molecule has 2 aromatic carbocycles. The minimum Gasteiger partial charge on any atom is -0.486 e. The van der Waals surface area contributed by atoms with E-state index in [4.69, 9.17) is 9.47 Å². The first-order valence-electron chi connectivity index (χ1n) is 8.73. The maximum Gasteiger partial charge on any atom is 0.362 e. The van der Waals surface area contributed by atoms with E-state index in [1.54, 1.807) is 25.1 Å². The molecule has 0 saturated heterocycles. The number of aryl methyl sites for hydroxylation is 1. The fourth-order valence-corrected chi connectivity index (χ4v) is 3.03. The van der Waals surface area contributed by atoms with Gasteiger partial charge in [-0.2, -0.15) is 9.78 Å². The highest BCUT2D eigenvalue weighted by Crippen LogP contribution is 2.19. The van der Waals surface area contributed by atoms with E-state index in [0.29, 0.717) is 5.69 Å². The molecule has 0 unspecified atom stereocenters. The Morgan fingerprint density at radius 1 is 1.14 bits per heavy atom. The first-order chi connectivity index (χ1) is 13.5. The summed E-state index contributed by atoms with van der Waals surface area (Å²) in [6.45, 7) is 4.08. The van der Waals surface area contributed by atoms with Gasteiger partial charge in [0.2, 0.25) is 5.69 Å². The van der Waals surface area contributed by atoms with Crippen LogP contribution in [0.3, 0.4) is 0 Å². The van der Waals surface area contributed by atoms with Crippen molar-refractivity contribution < 1.29 is 14.3 Å². The second-order valence-electron chi connectivity index (χ2n) is 6.09. The fraction of sp³-hybridized carbons (Fsp3) is 0.190. The van der Waals surface area contributed by atoms with E-state index in [0.717, 1.165) is 20.3 Å². The van der Waals surface area contributed by atoms with Crippen LogP contribution in [0.25, 0.3) is 5.69 Å². The molecule has 0 bridgehead atoms. The highest BCUT2D eigenvalue weighted by Gasteiger charge is 2.20. The summed E-state index contributed by atoms with van der Waals surface area (Å²) in [7, 11) is 0. The van der Waals surface area contributed by atoms with Crippen molar-refractivity contribution in [1.82, 2.24) is 9.78 Å². The van der Waals surface area contributed by atoms with Crippen LogP contribution < -0.4 is 10.3 Å². The van der Waals surface area contributed by atoms with Crippen LogP contribution in [0, 0.1) is 6.92 Å². The van der Waals surface area contributed by atoms with Crippen LogP contribution in [0.1, 0.15) is 28.5 Å². The van der Waals surface area contributed by atoms with Crippen molar-refractivity contribution in [3.63, 3.8) is 0 Å². The summed E-state index contributed by atoms with van der Waals surface area (Å²) >= 11 is 3.37. The Bertz CT molecular complexity index is 1060. The molecular weight excluding hydrogens is 424 g/mol. The van der Waals surface area contributed by atoms with Gasteiger partial charge in [-0.3, -0.25) is 4.79 Å². The van der Waals surface area contributed by atoms with Crippen LogP contribution in [0.15, 0.2) is 63.9 Å². The van der Waals surface area contributed by atoms with Crippen LogP contribution in [0.4, 0.5) is 0 Å². The van der Waals surface area contributed by atoms with E-state index in [9.17, 15) is 9.59 Å². The van der Waals surface area contributed by atoms with Gasteiger partial charge in [-0.25, -0.2) is 4.79 Å². The lowest BCUT2D eigenvalue weighted by molar-refractivity contribution is 0.0511. The number of ether oxygens (including phenoxy) is 2. The molecule has 0 radical (unpaired) electrons. The van der Waals surface area contributed by atoms with Crippen LogP contribution in [-0.2, 0) is 11.3 Å². The maximum absolute atomic E-state index is 12.6. The Morgan fingerprint density at radius 3 is 2.64 bits per heavy atom. The lowest BCUT2D eigenvalue weighted by Gasteiger charge is -2.13. The minimum absolute atomic E-state index is 0.0471. The molecule has 0 N–H and O–H groups in total. The van der Waals surface area contributed by atoms with Gasteiger partial charge in [-0.15, -0.1) is 0 Å². The first kappa shape index (κ1) is 19.8. The molecule has 144 valence electrons. The highest BCUT2D eigenvalue weighted by atomic mass is 79.9. The molecule has 1 heterocycles. The predicted octanol–water partition coefficient (Wildman–Crippen LogP) is 4.06. The number of hydrogen-bond acceptors (Lipinski definition) is 5. The molecule has 0 aliphatic rings. The van der Waals surface area contributed by atoms with Crippen LogP contribution in [0.2, 0.25) is 0 Å². The van der Waals surface area contributed by atoms with E-state index in [2.05, 4.69) is 21.0 Å². The Labute approximate surface area is 170 Å². The van der Waals surface area contributed by atoms with Crippen molar-refractivity contribution in [3.8, 4) is 11.4 Å². The largest absolute Gasteiger partial charge is 0.486 e. The smallest absolute Gasteiger partial charge is 0.362 e. The third-order valence-electron chi connectivity index (χ3n) is 3.90. The Kier molecular flexibility index (Phi) is 6.26. The van der Waals surface area contributed by atoms with Gasteiger partial charge >= 0.3 is 5.97 Å². The zero-order chi connectivity index (χ0) is 20.1. The average molecular weight is 443 g/mol. The number of hydrogen-bond donors (Lipinski definition) is 0. The lowest BCUT2D eigenvalue weighted by Crippen LogP contribution is -2.25. The van der Waals surface area contributed by atoms with Crippen molar-refractivity contribution >= 4 is 21.9 Å². The molecule has 0 aliphatic carbocycles. The summed E-state index contributed by atoms with van der Waals surface area (Å²) in [5.74, 6) is -0.554. The van der Waals surface area contributed by atoms with Crippen LogP contribution >= 0.6 is 15.9 Å². The number of rotatable bonds is 6. The summed E-state index contributed by atoms with van der Waals surface area (Å²) in [6.07, 6.45) is 0. The van der Waals surface area contributed by atoms with E-state index in [1.165, 1.54) is 6.07 Å². The standard InChI is InChI=1S/C21H19BrN2O4/c1-3-27-21(26)20-18(28-13-15-7-4-6-14(2)10-15)12-19(25)24(23-20)17-9-5-8-16(22)11-17/h4-12H,3,13H2,1-2H3. The lowest BCUT2D eigenvalue weighted by atomic mass is 10.1. The summed E-state index contributed by atoms with van der Waals surface area (Å²) < 4.78 is 12.8. The van der Waals surface area contributed by atoms with Crippen molar-refractivity contribution in [1.29, 1.82) is 0 Å². The molecule has 3 rings (SSSR count). The topological polar surface area (TPSA) is 70.4 Å². The Hall–Kier alpha value is -2.93. The normalized spacial score (nSPS) is 10.5. The van der Waals surface area contributed by atoms with Gasteiger partial charge in [0.15, 0.2) is 5.75 Å². The van der Waals surface area contributed by atoms with Crippen LogP contribution in [0.5, 0.6) is 5.75 Å². The van der Waals surface area contributed by atoms with E-state index in [-0.39, 0.29) is 24.7 Å². The molecule has 0 atom stereocenters. The number of carbonyl (C=O) groups excluding carboxylic acids is 1. The molecule has 28 heavy (non-hydrogen) atoms. The van der Waals surface area contributed by atoms with Gasteiger partial charge in [-0.1, -0.05) is 51.8 Å². The summed E-state index contributed by atoms with van der Waals surface area (Å²) in [5, 5.41) is 4.22.